The normalized spacial score (nSPS) is 19.4. The van der Waals surface area contributed by atoms with Gasteiger partial charge in [-0.05, 0) is 25.8 Å². The number of nitrogens with zero attached hydrogens (tertiary/aromatic N) is 4. The Morgan fingerprint density at radius 2 is 2.04 bits per heavy atom. The number of hydrogen-bond acceptors (Lipinski definition) is 4. The second-order valence-corrected chi connectivity index (χ2v) is 7.24. The van der Waals surface area contributed by atoms with Crippen molar-refractivity contribution in [1.29, 1.82) is 0 Å². The van der Waals surface area contributed by atoms with Crippen LogP contribution >= 0.6 is 0 Å². The minimum Gasteiger partial charge on any atom is -0.481 e. The predicted molar refractivity (Wildman–Crippen MR) is 98.1 cm³/mol. The van der Waals surface area contributed by atoms with E-state index in [2.05, 4.69) is 9.97 Å². The van der Waals surface area contributed by atoms with Gasteiger partial charge in [0, 0.05) is 48.1 Å². The lowest BCUT2D eigenvalue weighted by molar-refractivity contribution is 0.0600. The third kappa shape index (κ3) is 2.41. The zero-order valence-corrected chi connectivity index (χ0v) is 15.1. The predicted octanol–water partition coefficient (Wildman–Crippen LogP) is 3.25. The molecule has 1 atom stereocenters. The van der Waals surface area contributed by atoms with E-state index in [1.165, 1.54) is 12.3 Å². The van der Waals surface area contributed by atoms with Gasteiger partial charge in [0.1, 0.15) is 11.5 Å². The molecule has 138 valence electrons. The lowest BCUT2D eigenvalue weighted by Gasteiger charge is -2.35. The van der Waals surface area contributed by atoms with Crippen LogP contribution in [0.1, 0.15) is 30.3 Å². The molecule has 2 aliphatic rings. The summed E-state index contributed by atoms with van der Waals surface area (Å²) < 4.78 is 21.0. The minimum absolute atomic E-state index is 0.0134. The van der Waals surface area contributed by atoms with Crippen LogP contribution in [0, 0.1) is 5.82 Å². The summed E-state index contributed by atoms with van der Waals surface area (Å²) in [6.45, 7) is 2.68. The van der Waals surface area contributed by atoms with Crippen molar-refractivity contribution < 1.29 is 13.9 Å². The first-order valence-corrected chi connectivity index (χ1v) is 9.09. The molecule has 7 heteroatoms. The molecular weight excluding hydrogens is 347 g/mol. The average molecular weight is 366 g/mol. The molecule has 1 aliphatic carbocycles. The highest BCUT2D eigenvalue weighted by molar-refractivity contribution is 6.09. The molecule has 5 rings (SSSR count). The molecule has 0 radical (unpaired) electrons. The van der Waals surface area contributed by atoms with E-state index in [9.17, 15) is 9.18 Å². The quantitative estimate of drug-likeness (QED) is 0.714. The van der Waals surface area contributed by atoms with E-state index in [4.69, 9.17) is 4.74 Å². The number of carbonyl (C=O) groups excluding carboxylic acids is 1. The zero-order chi connectivity index (χ0) is 18.7. The number of methoxy groups -OCH3 is 1. The maximum atomic E-state index is 13.9. The maximum Gasteiger partial charge on any atom is 0.271 e. The van der Waals surface area contributed by atoms with E-state index in [0.717, 1.165) is 18.4 Å². The smallest absolute Gasteiger partial charge is 0.271 e. The molecule has 0 bridgehead atoms. The van der Waals surface area contributed by atoms with E-state index < -0.39 is 5.82 Å². The van der Waals surface area contributed by atoms with E-state index in [0.29, 0.717) is 40.8 Å². The summed E-state index contributed by atoms with van der Waals surface area (Å²) in [4.78, 5) is 24.0. The summed E-state index contributed by atoms with van der Waals surface area (Å²) in [5, 5.41) is 0. The first kappa shape index (κ1) is 16.2. The molecule has 3 aromatic rings. The Bertz CT molecular complexity index is 1060. The fourth-order valence-electron chi connectivity index (χ4n) is 4.08. The van der Waals surface area contributed by atoms with Crippen LogP contribution in [-0.4, -0.2) is 44.5 Å². The van der Waals surface area contributed by atoms with Gasteiger partial charge in [0.05, 0.1) is 24.3 Å². The second-order valence-electron chi connectivity index (χ2n) is 7.24. The van der Waals surface area contributed by atoms with Crippen LogP contribution in [0.25, 0.3) is 22.2 Å². The third-order valence-corrected chi connectivity index (χ3v) is 5.40. The highest BCUT2D eigenvalue weighted by Gasteiger charge is 2.42. The van der Waals surface area contributed by atoms with Crippen LogP contribution < -0.4 is 4.74 Å². The Balaban J connectivity index is 1.78. The fraction of sp³-hybridized carbons (Fsp3) is 0.350. The Kier molecular flexibility index (Phi) is 3.47. The van der Waals surface area contributed by atoms with Crippen molar-refractivity contribution in [3.63, 3.8) is 0 Å². The third-order valence-electron chi connectivity index (χ3n) is 5.40. The number of halogens is 1. The fourth-order valence-corrected chi connectivity index (χ4v) is 4.08. The van der Waals surface area contributed by atoms with Crippen LogP contribution in [0.5, 0.6) is 5.88 Å². The van der Waals surface area contributed by atoms with Crippen molar-refractivity contribution in [2.24, 2.45) is 0 Å². The number of rotatable bonds is 3. The molecule has 1 aliphatic heterocycles. The summed E-state index contributed by atoms with van der Waals surface area (Å²) in [5.41, 5.74) is 3.32. The number of pyridine rings is 2. The van der Waals surface area contributed by atoms with Crippen LogP contribution in [0.2, 0.25) is 0 Å². The second kappa shape index (κ2) is 5.77. The maximum absolute atomic E-state index is 13.9. The van der Waals surface area contributed by atoms with Crippen molar-refractivity contribution in [2.45, 2.75) is 38.4 Å². The highest BCUT2D eigenvalue weighted by atomic mass is 19.1. The largest absolute Gasteiger partial charge is 0.481 e. The van der Waals surface area contributed by atoms with Gasteiger partial charge in [-0.15, -0.1) is 0 Å². The summed E-state index contributed by atoms with van der Waals surface area (Å²) in [5.74, 6) is 0.0714. The number of aromatic nitrogens is 3. The van der Waals surface area contributed by atoms with Gasteiger partial charge in [0.25, 0.3) is 5.91 Å². The molecule has 6 nitrogen and oxygen atoms in total. The lowest BCUT2D eigenvalue weighted by atomic mass is 10.0. The van der Waals surface area contributed by atoms with Crippen LogP contribution in [0.15, 0.2) is 30.6 Å². The standard InChI is InChI=1S/C20H19FN4O2/c1-11-10-24-15-7-13(21)9-23-18(15)17(12-3-6-16(27-2)22-8-12)19(24)20(26)25(11)14-4-5-14/h3,6-9,11,14H,4-5,10H2,1-2H3/t11-/m1/s1. The van der Waals surface area contributed by atoms with Crippen LogP contribution in [0.3, 0.4) is 0 Å². The lowest BCUT2D eigenvalue weighted by Crippen LogP contribution is -2.47. The van der Waals surface area contributed by atoms with Crippen molar-refractivity contribution >= 4 is 16.9 Å². The van der Waals surface area contributed by atoms with E-state index >= 15 is 0 Å². The molecule has 27 heavy (non-hydrogen) atoms. The minimum atomic E-state index is -0.410. The molecule has 0 unspecified atom stereocenters. The molecule has 0 N–H and O–H groups in total. The van der Waals surface area contributed by atoms with Crippen molar-refractivity contribution in [3.05, 3.63) is 42.1 Å². The first-order chi connectivity index (χ1) is 13.1. The molecule has 1 amide bonds. The zero-order valence-electron chi connectivity index (χ0n) is 15.1. The van der Waals surface area contributed by atoms with Crippen molar-refractivity contribution in [3.8, 4) is 17.0 Å². The van der Waals surface area contributed by atoms with E-state index in [1.807, 2.05) is 22.5 Å². The molecule has 0 spiro atoms. The van der Waals surface area contributed by atoms with Gasteiger partial charge in [0.2, 0.25) is 5.88 Å². The van der Waals surface area contributed by atoms with Gasteiger partial charge in [-0.1, -0.05) is 0 Å². The molecular formula is C20H19FN4O2. The summed E-state index contributed by atoms with van der Waals surface area (Å²) >= 11 is 0. The Morgan fingerprint density at radius 3 is 2.70 bits per heavy atom. The van der Waals surface area contributed by atoms with Gasteiger partial charge >= 0.3 is 0 Å². The molecule has 1 saturated carbocycles. The number of ether oxygens (including phenoxy) is 1. The monoisotopic (exact) mass is 366 g/mol. The van der Waals surface area contributed by atoms with Gasteiger partial charge in [-0.25, -0.2) is 9.37 Å². The van der Waals surface area contributed by atoms with Crippen molar-refractivity contribution in [1.82, 2.24) is 19.4 Å². The Morgan fingerprint density at radius 1 is 1.22 bits per heavy atom. The van der Waals surface area contributed by atoms with Gasteiger partial charge in [-0.3, -0.25) is 9.78 Å². The summed E-state index contributed by atoms with van der Waals surface area (Å²) in [6, 6.07) is 5.45. The Labute approximate surface area is 155 Å². The van der Waals surface area contributed by atoms with E-state index in [-0.39, 0.29) is 11.9 Å². The van der Waals surface area contributed by atoms with E-state index in [1.54, 1.807) is 19.4 Å². The van der Waals surface area contributed by atoms with Crippen LogP contribution in [0.4, 0.5) is 4.39 Å². The Hall–Kier alpha value is -2.96. The SMILES string of the molecule is COc1ccc(-c2c3n(c4cc(F)cnc24)C[C@@H](C)N(C2CC2)C3=O)cn1. The number of carbonyl (C=O) groups is 1. The van der Waals surface area contributed by atoms with Gasteiger partial charge in [-0.2, -0.15) is 0 Å². The molecule has 3 aromatic heterocycles. The molecule has 0 saturated heterocycles. The summed E-state index contributed by atoms with van der Waals surface area (Å²) in [7, 11) is 1.56. The van der Waals surface area contributed by atoms with Crippen LogP contribution in [-0.2, 0) is 6.54 Å². The summed E-state index contributed by atoms with van der Waals surface area (Å²) in [6.07, 6.45) is 4.96. The number of amides is 1. The van der Waals surface area contributed by atoms with Gasteiger partial charge < -0.3 is 14.2 Å². The number of hydrogen-bond donors (Lipinski definition) is 0. The van der Waals surface area contributed by atoms with Gasteiger partial charge in [0.15, 0.2) is 0 Å². The first-order valence-electron chi connectivity index (χ1n) is 9.09. The molecule has 4 heterocycles. The van der Waals surface area contributed by atoms with Crippen molar-refractivity contribution in [2.75, 3.05) is 7.11 Å². The highest BCUT2D eigenvalue weighted by Crippen LogP contribution is 2.40. The number of fused-ring (bicyclic) bond motifs is 3. The average Bonchev–Trinajstić information content (AvgIpc) is 3.44. The molecule has 0 aromatic carbocycles. The molecule has 1 fully saturated rings. The topological polar surface area (TPSA) is 60.2 Å².